The molecule has 0 radical (unpaired) electrons. The van der Waals surface area contributed by atoms with Crippen LogP contribution in [0.4, 0.5) is 0 Å². The lowest BCUT2D eigenvalue weighted by molar-refractivity contribution is 1.09. The highest BCUT2D eigenvalue weighted by atomic mass is 127. The summed E-state index contributed by atoms with van der Waals surface area (Å²) in [5, 5.41) is 0. The first-order valence-corrected chi connectivity index (χ1v) is 2.37. The molecule has 26 valence electrons. The number of nitrogens with two attached hydrogens (primary N) is 1. The third kappa shape index (κ3) is 16.1. The lowest BCUT2D eigenvalue weighted by Crippen LogP contribution is -2.02. The monoisotopic (exact) mass is 171 g/mol. The zero-order valence-electron chi connectivity index (χ0n) is 2.53. The molecule has 0 aliphatic rings. The molecule has 0 aromatic rings. The van der Waals surface area contributed by atoms with Crippen molar-refractivity contribution in [2.24, 2.45) is 5.73 Å². The van der Waals surface area contributed by atoms with Crippen LogP contribution in [0.25, 0.3) is 0 Å². The molecular formula is C2H6IN. The molecule has 1 nitrogen and oxygen atoms in total. The molecule has 2 heteroatoms. The summed E-state index contributed by atoms with van der Waals surface area (Å²) in [4.78, 5) is 0. The lowest BCUT2D eigenvalue weighted by Gasteiger charge is -1.78. The van der Waals surface area contributed by atoms with Crippen molar-refractivity contribution < 1.29 is 0 Å². The first-order chi connectivity index (χ1) is 1.73. The molecule has 0 aliphatic heterocycles. The van der Waals surface area contributed by atoms with Gasteiger partial charge in [0.2, 0.25) is 0 Å². The maximum Gasteiger partial charge on any atom is 0.0539 e. The Morgan fingerprint density at radius 1 is 2.00 bits per heavy atom. The van der Waals surface area contributed by atoms with Gasteiger partial charge >= 0.3 is 0 Å². The van der Waals surface area contributed by atoms with Crippen LogP contribution >= 0.6 is 22.6 Å². The van der Waals surface area contributed by atoms with Crippen LogP contribution in [0.3, 0.4) is 0 Å². The maximum absolute atomic E-state index is 5.10. The maximum atomic E-state index is 5.10. The summed E-state index contributed by atoms with van der Waals surface area (Å²) < 4.78 is 0.303. The van der Waals surface area contributed by atoms with Crippen LogP contribution < -0.4 is 5.73 Å². The van der Waals surface area contributed by atoms with E-state index in [1.165, 1.54) is 0 Å². The van der Waals surface area contributed by atoms with Crippen molar-refractivity contribution in [3.8, 4) is 0 Å². The molecule has 2 N–H and O–H groups in total. The van der Waals surface area contributed by atoms with Crippen molar-refractivity contribution in [1.82, 2.24) is 0 Å². The van der Waals surface area contributed by atoms with E-state index in [1.54, 1.807) is 0 Å². The van der Waals surface area contributed by atoms with E-state index >= 15 is 0 Å². The fourth-order valence-corrected chi connectivity index (χ4v) is 0. The molecule has 0 fully saturated rings. The smallest absolute Gasteiger partial charge is 0.0539 e. The summed E-state index contributed by atoms with van der Waals surface area (Å²) in [5.74, 6) is 0. The molecule has 0 aromatic heterocycles. The largest absolute Gasteiger partial charge is 0.320 e. The van der Waals surface area contributed by atoms with Crippen LogP contribution in [0.1, 0.15) is 6.92 Å². The minimum atomic E-state index is 0.303. The molecule has 4 heavy (non-hydrogen) atoms. The Morgan fingerprint density at radius 3 is 2.00 bits per heavy atom. The van der Waals surface area contributed by atoms with Crippen LogP contribution in [0.2, 0.25) is 0 Å². The van der Waals surface area contributed by atoms with Crippen molar-refractivity contribution in [3.63, 3.8) is 0 Å². The van der Waals surface area contributed by atoms with Gasteiger partial charge in [-0.3, -0.25) is 0 Å². The summed E-state index contributed by atoms with van der Waals surface area (Å²) >= 11 is 2.12. The predicted octanol–water partition coefficient (Wildman–Crippen LogP) is 0.726. The van der Waals surface area contributed by atoms with Crippen molar-refractivity contribution >= 4 is 22.6 Å². The second-order valence-corrected chi connectivity index (χ2v) is 2.64. The van der Waals surface area contributed by atoms with E-state index < -0.39 is 0 Å². The Morgan fingerprint density at radius 2 is 2.00 bits per heavy atom. The van der Waals surface area contributed by atoms with Crippen LogP contribution in [-0.2, 0) is 0 Å². The third-order valence-electron chi connectivity index (χ3n) is 0. The molecule has 0 unspecified atom stereocenters. The van der Waals surface area contributed by atoms with E-state index in [9.17, 15) is 0 Å². The molecule has 0 spiro atoms. The summed E-state index contributed by atoms with van der Waals surface area (Å²) in [6.45, 7) is 1.93. The van der Waals surface area contributed by atoms with Gasteiger partial charge in [0.15, 0.2) is 0 Å². The molecule has 0 bridgehead atoms. The average molecular weight is 171 g/mol. The van der Waals surface area contributed by atoms with Gasteiger partial charge in [0.25, 0.3) is 0 Å². The van der Waals surface area contributed by atoms with E-state index in [0.29, 0.717) is 4.05 Å². The minimum Gasteiger partial charge on any atom is -0.320 e. The van der Waals surface area contributed by atoms with Crippen LogP contribution in [0, 0.1) is 0 Å². The highest BCUT2D eigenvalue weighted by Gasteiger charge is 1.70. The van der Waals surface area contributed by atoms with Gasteiger partial charge in [-0.05, 0) is 6.92 Å². The summed E-state index contributed by atoms with van der Waals surface area (Å²) in [7, 11) is 0. The second-order valence-electron chi connectivity index (χ2n) is 0.678. The molecule has 0 rings (SSSR count). The van der Waals surface area contributed by atoms with Crippen LogP contribution in [0.5, 0.6) is 0 Å². The standard InChI is InChI=1S/C2H6IN/c1-2(3)4/h2H,4H2,1H3/t2-/m1/s1. The van der Waals surface area contributed by atoms with Gasteiger partial charge in [-0.1, -0.05) is 22.6 Å². The van der Waals surface area contributed by atoms with Crippen molar-refractivity contribution in [2.45, 2.75) is 11.0 Å². The quantitative estimate of drug-likeness (QED) is 0.324. The molecule has 0 saturated carbocycles. The van der Waals surface area contributed by atoms with Crippen molar-refractivity contribution in [1.29, 1.82) is 0 Å². The van der Waals surface area contributed by atoms with E-state index in [4.69, 9.17) is 5.73 Å². The third-order valence-corrected chi connectivity index (χ3v) is 0. The van der Waals surface area contributed by atoms with Crippen molar-refractivity contribution in [3.05, 3.63) is 0 Å². The molecule has 0 saturated heterocycles. The summed E-state index contributed by atoms with van der Waals surface area (Å²) in [6, 6.07) is 0. The van der Waals surface area contributed by atoms with Crippen LogP contribution in [-0.4, -0.2) is 4.05 Å². The lowest BCUT2D eigenvalue weighted by atomic mass is 10.8. The highest BCUT2D eigenvalue weighted by Crippen LogP contribution is 1.82. The fraction of sp³-hybridized carbons (Fsp3) is 1.00. The minimum absolute atomic E-state index is 0.303. The SMILES string of the molecule is C[C@@H](N)I. The Bertz CT molecular complexity index is 10.8. The predicted molar refractivity (Wildman–Crippen MR) is 27.7 cm³/mol. The van der Waals surface area contributed by atoms with Gasteiger partial charge in [-0.2, -0.15) is 0 Å². The molecule has 0 aliphatic carbocycles. The molecule has 0 heterocycles. The first kappa shape index (κ1) is 4.69. The Kier molecular flexibility index (Phi) is 2.30. The normalized spacial score (nSPS) is 15.8. The Hall–Kier alpha value is 0.690. The summed E-state index contributed by atoms with van der Waals surface area (Å²) in [5.41, 5.74) is 5.10. The highest BCUT2D eigenvalue weighted by molar-refractivity contribution is 14.1. The van der Waals surface area contributed by atoms with Gasteiger partial charge in [0, 0.05) is 0 Å². The van der Waals surface area contributed by atoms with Gasteiger partial charge in [-0.25, -0.2) is 0 Å². The van der Waals surface area contributed by atoms with Gasteiger partial charge < -0.3 is 5.73 Å². The summed E-state index contributed by atoms with van der Waals surface area (Å²) in [6.07, 6.45) is 0. The molecule has 0 aromatic carbocycles. The Balaban J connectivity index is 2.32. The molecule has 1 atom stereocenters. The molecular weight excluding hydrogens is 165 g/mol. The van der Waals surface area contributed by atoms with E-state index in [-0.39, 0.29) is 0 Å². The van der Waals surface area contributed by atoms with Gasteiger partial charge in [0.05, 0.1) is 4.05 Å². The number of hydrogen-bond donors (Lipinski definition) is 1. The van der Waals surface area contributed by atoms with E-state index in [1.807, 2.05) is 6.92 Å². The van der Waals surface area contributed by atoms with E-state index in [2.05, 4.69) is 22.6 Å². The zero-order chi connectivity index (χ0) is 3.58. The van der Waals surface area contributed by atoms with Crippen LogP contribution in [0.15, 0.2) is 0 Å². The Labute approximate surface area is 39.7 Å². The van der Waals surface area contributed by atoms with E-state index in [0.717, 1.165) is 0 Å². The topological polar surface area (TPSA) is 26.0 Å². The second kappa shape index (κ2) is 1.96. The molecule has 0 amide bonds. The zero-order valence-corrected chi connectivity index (χ0v) is 4.69. The number of halogens is 1. The number of alkyl halides is 1. The van der Waals surface area contributed by atoms with Gasteiger partial charge in [0.1, 0.15) is 0 Å². The average Bonchev–Trinajstić information content (AvgIpc) is 0.811. The first-order valence-electron chi connectivity index (χ1n) is 1.13. The number of rotatable bonds is 0. The van der Waals surface area contributed by atoms with Gasteiger partial charge in [-0.15, -0.1) is 0 Å². The number of hydrogen-bond acceptors (Lipinski definition) is 1. The van der Waals surface area contributed by atoms with Crippen molar-refractivity contribution in [2.75, 3.05) is 0 Å². The fourth-order valence-electron chi connectivity index (χ4n) is 0.